The summed E-state index contributed by atoms with van der Waals surface area (Å²) in [5.74, 6) is -0.453. The fourth-order valence-electron chi connectivity index (χ4n) is 3.76. The molecule has 1 saturated carbocycles. The highest BCUT2D eigenvalue weighted by atomic mass is 19.1. The second kappa shape index (κ2) is 4.99. The Morgan fingerprint density at radius 2 is 1.63 bits per heavy atom. The topological polar surface area (TPSA) is 29.3 Å². The van der Waals surface area contributed by atoms with Gasteiger partial charge in [0.05, 0.1) is 0 Å². The molecule has 2 atom stereocenters. The minimum Gasteiger partial charge on any atom is -0.399 e. The van der Waals surface area contributed by atoms with Crippen LogP contribution in [0.2, 0.25) is 0 Å². The molecule has 0 radical (unpaired) electrons. The van der Waals surface area contributed by atoms with Crippen molar-refractivity contribution in [3.8, 4) is 0 Å². The van der Waals surface area contributed by atoms with Gasteiger partial charge in [0.15, 0.2) is 11.6 Å². The van der Waals surface area contributed by atoms with Gasteiger partial charge in [0, 0.05) is 18.3 Å². The average Bonchev–Trinajstić information content (AvgIpc) is 2.38. The van der Waals surface area contributed by atoms with Crippen molar-refractivity contribution in [3.05, 3.63) is 23.8 Å². The smallest absolute Gasteiger partial charge is 0.151 e. The summed E-state index contributed by atoms with van der Waals surface area (Å²) in [6.07, 6.45) is 6.87. The Morgan fingerprint density at radius 1 is 1.00 bits per heavy atom. The van der Waals surface area contributed by atoms with Gasteiger partial charge in [-0.2, -0.15) is 0 Å². The van der Waals surface area contributed by atoms with Crippen molar-refractivity contribution in [2.75, 3.05) is 17.2 Å². The van der Waals surface area contributed by atoms with Crippen LogP contribution in [0.4, 0.5) is 20.2 Å². The summed E-state index contributed by atoms with van der Waals surface area (Å²) in [6.45, 7) is 0.749. The lowest BCUT2D eigenvalue weighted by atomic mass is 9.78. The van der Waals surface area contributed by atoms with E-state index in [4.69, 9.17) is 5.73 Å². The van der Waals surface area contributed by atoms with Gasteiger partial charge in [-0.1, -0.05) is 12.8 Å². The normalized spacial score (nSPS) is 27.2. The van der Waals surface area contributed by atoms with Crippen molar-refractivity contribution in [2.24, 2.45) is 5.92 Å². The number of nitrogen functional groups attached to an aromatic ring is 1. The summed E-state index contributed by atoms with van der Waals surface area (Å²) in [7, 11) is 0. The van der Waals surface area contributed by atoms with Gasteiger partial charge >= 0.3 is 0 Å². The van der Waals surface area contributed by atoms with E-state index in [-0.39, 0.29) is 11.4 Å². The van der Waals surface area contributed by atoms with Gasteiger partial charge < -0.3 is 10.6 Å². The number of hydrogen-bond acceptors (Lipinski definition) is 2. The van der Waals surface area contributed by atoms with Crippen LogP contribution in [-0.2, 0) is 0 Å². The maximum atomic E-state index is 14.1. The van der Waals surface area contributed by atoms with Crippen molar-refractivity contribution in [3.63, 3.8) is 0 Å². The van der Waals surface area contributed by atoms with E-state index < -0.39 is 11.6 Å². The van der Waals surface area contributed by atoms with Crippen LogP contribution in [-0.4, -0.2) is 12.6 Å². The predicted molar refractivity (Wildman–Crippen MR) is 73.1 cm³/mol. The molecule has 2 unspecified atom stereocenters. The Balaban J connectivity index is 1.96. The lowest BCUT2D eigenvalue weighted by Gasteiger charge is -2.45. The minimum atomic E-state index is -0.524. The molecular weight excluding hydrogens is 246 g/mol. The second-order valence-electron chi connectivity index (χ2n) is 5.78. The Hall–Kier alpha value is -1.32. The molecule has 2 fully saturated rings. The third-order valence-corrected chi connectivity index (χ3v) is 4.57. The summed E-state index contributed by atoms with van der Waals surface area (Å²) in [5.41, 5.74) is 5.77. The lowest BCUT2D eigenvalue weighted by Crippen LogP contribution is -2.47. The number of nitrogens with two attached hydrogens (primary N) is 1. The van der Waals surface area contributed by atoms with E-state index in [1.807, 2.05) is 4.90 Å². The van der Waals surface area contributed by atoms with E-state index in [0.29, 0.717) is 12.0 Å². The van der Waals surface area contributed by atoms with Crippen LogP contribution in [0.1, 0.15) is 38.5 Å². The number of halogens is 2. The molecular formula is C15H20F2N2. The Bertz CT molecular complexity index is 450. The molecule has 1 aromatic rings. The first kappa shape index (κ1) is 12.7. The number of piperidine rings is 1. The van der Waals surface area contributed by atoms with Crippen molar-refractivity contribution in [1.82, 2.24) is 0 Å². The largest absolute Gasteiger partial charge is 0.399 e. The molecule has 2 nitrogen and oxygen atoms in total. The third-order valence-electron chi connectivity index (χ3n) is 4.57. The van der Waals surface area contributed by atoms with Crippen molar-refractivity contribution in [1.29, 1.82) is 0 Å². The number of nitrogens with zero attached hydrogens (tertiary/aromatic N) is 1. The SMILES string of the molecule is Nc1cc(F)c(N2CCCC3CCCCC32)c(F)c1. The van der Waals surface area contributed by atoms with Crippen LogP contribution in [0.25, 0.3) is 0 Å². The highest BCUT2D eigenvalue weighted by Gasteiger charge is 2.35. The standard InChI is InChI=1S/C15H20F2N2/c16-12-8-11(18)9-13(17)15(12)19-7-3-5-10-4-1-2-6-14(10)19/h8-10,14H,1-7,18H2. The first-order valence-electron chi connectivity index (χ1n) is 7.18. The Kier molecular flexibility index (Phi) is 3.33. The van der Waals surface area contributed by atoms with Gasteiger partial charge in [0.25, 0.3) is 0 Å². The van der Waals surface area contributed by atoms with Crippen molar-refractivity contribution < 1.29 is 8.78 Å². The van der Waals surface area contributed by atoms with E-state index in [2.05, 4.69) is 0 Å². The third kappa shape index (κ3) is 2.28. The van der Waals surface area contributed by atoms with E-state index in [1.165, 1.54) is 31.4 Å². The maximum Gasteiger partial charge on any atom is 0.151 e. The van der Waals surface area contributed by atoms with Gasteiger partial charge in [0.1, 0.15) is 5.69 Å². The molecule has 0 spiro atoms. The highest BCUT2D eigenvalue weighted by Crippen LogP contribution is 2.39. The Morgan fingerprint density at radius 3 is 2.37 bits per heavy atom. The first-order chi connectivity index (χ1) is 9.16. The van der Waals surface area contributed by atoms with Crippen LogP contribution in [0.15, 0.2) is 12.1 Å². The van der Waals surface area contributed by atoms with Gasteiger partial charge in [-0.3, -0.25) is 0 Å². The predicted octanol–water partition coefficient (Wildman–Crippen LogP) is 3.71. The molecule has 1 aliphatic heterocycles. The monoisotopic (exact) mass is 266 g/mol. The molecule has 2 N–H and O–H groups in total. The number of rotatable bonds is 1. The van der Waals surface area contributed by atoms with Crippen molar-refractivity contribution >= 4 is 11.4 Å². The quantitative estimate of drug-likeness (QED) is 0.785. The Labute approximate surface area is 112 Å². The maximum absolute atomic E-state index is 14.1. The van der Waals surface area contributed by atoms with E-state index >= 15 is 0 Å². The van der Waals surface area contributed by atoms with Crippen LogP contribution < -0.4 is 10.6 Å². The highest BCUT2D eigenvalue weighted by molar-refractivity contribution is 5.56. The van der Waals surface area contributed by atoms with E-state index in [9.17, 15) is 8.78 Å². The summed E-state index contributed by atoms with van der Waals surface area (Å²) < 4.78 is 28.2. The minimum absolute atomic E-state index is 0.130. The van der Waals surface area contributed by atoms with E-state index in [1.54, 1.807) is 0 Å². The van der Waals surface area contributed by atoms with Crippen LogP contribution in [0.3, 0.4) is 0 Å². The van der Waals surface area contributed by atoms with Crippen LogP contribution in [0.5, 0.6) is 0 Å². The zero-order valence-electron chi connectivity index (χ0n) is 11.0. The summed E-state index contributed by atoms with van der Waals surface area (Å²) in [4.78, 5) is 1.96. The van der Waals surface area contributed by atoms with Gasteiger partial charge in [-0.05, 0) is 43.7 Å². The number of anilines is 2. The van der Waals surface area contributed by atoms with E-state index in [0.717, 1.165) is 25.8 Å². The first-order valence-corrected chi connectivity index (χ1v) is 7.18. The zero-order valence-corrected chi connectivity index (χ0v) is 11.0. The molecule has 4 heteroatoms. The number of hydrogen-bond donors (Lipinski definition) is 1. The molecule has 0 aromatic heterocycles. The zero-order chi connectivity index (χ0) is 13.4. The van der Waals surface area contributed by atoms with Crippen molar-refractivity contribution in [2.45, 2.75) is 44.6 Å². The molecule has 3 rings (SSSR count). The van der Waals surface area contributed by atoms with Gasteiger partial charge in [-0.15, -0.1) is 0 Å². The molecule has 1 saturated heterocycles. The lowest BCUT2D eigenvalue weighted by molar-refractivity contribution is 0.241. The molecule has 1 heterocycles. The molecule has 2 aliphatic rings. The number of benzene rings is 1. The molecule has 1 aromatic carbocycles. The molecule has 1 aliphatic carbocycles. The summed E-state index contributed by atoms with van der Waals surface area (Å²) in [6, 6.07) is 2.76. The fourth-order valence-corrected chi connectivity index (χ4v) is 3.76. The fraction of sp³-hybridized carbons (Fsp3) is 0.600. The number of fused-ring (bicyclic) bond motifs is 1. The average molecular weight is 266 g/mol. The van der Waals surface area contributed by atoms with Gasteiger partial charge in [-0.25, -0.2) is 8.78 Å². The molecule has 0 amide bonds. The second-order valence-corrected chi connectivity index (χ2v) is 5.78. The molecule has 104 valence electrons. The summed E-state index contributed by atoms with van der Waals surface area (Å²) >= 11 is 0. The van der Waals surface area contributed by atoms with Gasteiger partial charge in [0.2, 0.25) is 0 Å². The summed E-state index contributed by atoms with van der Waals surface area (Å²) in [5, 5.41) is 0. The van der Waals surface area contributed by atoms with Crippen LogP contribution in [0, 0.1) is 17.6 Å². The molecule has 19 heavy (non-hydrogen) atoms. The molecule has 0 bridgehead atoms. The van der Waals surface area contributed by atoms with Crippen LogP contribution >= 0.6 is 0 Å².